The van der Waals surface area contributed by atoms with Crippen molar-refractivity contribution in [3.05, 3.63) is 64.1 Å². The van der Waals surface area contributed by atoms with Crippen LogP contribution in [0.5, 0.6) is 0 Å². The number of rotatable bonds is 1. The molecule has 2 aromatic carbocycles. The van der Waals surface area contributed by atoms with Crippen LogP contribution in [0.1, 0.15) is 22.3 Å². The van der Waals surface area contributed by atoms with Gasteiger partial charge in [-0.1, -0.05) is 40.2 Å². The molecule has 3 rings (SSSR count). The molecule has 0 saturated carbocycles. The van der Waals surface area contributed by atoms with Crippen LogP contribution in [0, 0.1) is 0 Å². The summed E-state index contributed by atoms with van der Waals surface area (Å²) in [5.41, 5.74) is 3.04. The monoisotopic (exact) mass is 315 g/mol. The van der Waals surface area contributed by atoms with Gasteiger partial charge in [-0.25, -0.2) is 0 Å². The molecule has 0 spiro atoms. The molecule has 0 saturated heterocycles. The highest BCUT2D eigenvalue weighted by Gasteiger charge is 2.23. The largest absolute Gasteiger partial charge is 0.308 e. The van der Waals surface area contributed by atoms with Gasteiger partial charge in [-0.15, -0.1) is 0 Å². The average Bonchev–Trinajstić information content (AvgIpc) is 2.46. The lowest BCUT2D eigenvalue weighted by molar-refractivity contribution is 0.0985. The molecule has 19 heavy (non-hydrogen) atoms. The van der Waals surface area contributed by atoms with E-state index in [4.69, 9.17) is 0 Å². The van der Waals surface area contributed by atoms with Crippen molar-refractivity contribution in [2.75, 3.05) is 11.4 Å². The Morgan fingerprint density at radius 3 is 2.79 bits per heavy atom. The van der Waals surface area contributed by atoms with Crippen molar-refractivity contribution in [2.24, 2.45) is 0 Å². The molecule has 96 valence electrons. The molecule has 0 aromatic heterocycles. The Morgan fingerprint density at radius 2 is 1.95 bits per heavy atom. The van der Waals surface area contributed by atoms with Crippen molar-refractivity contribution >= 4 is 27.5 Å². The van der Waals surface area contributed by atoms with Crippen molar-refractivity contribution in [1.82, 2.24) is 0 Å². The number of anilines is 1. The predicted molar refractivity (Wildman–Crippen MR) is 80.6 cm³/mol. The third kappa shape index (κ3) is 2.43. The van der Waals surface area contributed by atoms with Crippen LogP contribution in [0.15, 0.2) is 53.0 Å². The minimum atomic E-state index is 0.0773. The molecule has 0 N–H and O–H groups in total. The number of hydrogen-bond donors (Lipinski definition) is 0. The highest BCUT2D eigenvalue weighted by Crippen LogP contribution is 2.28. The fourth-order valence-corrected chi connectivity index (χ4v) is 2.92. The zero-order chi connectivity index (χ0) is 13.2. The fraction of sp³-hybridized carbons (Fsp3) is 0.188. The van der Waals surface area contributed by atoms with E-state index in [1.165, 1.54) is 5.56 Å². The van der Waals surface area contributed by atoms with E-state index in [-0.39, 0.29) is 5.91 Å². The first kappa shape index (κ1) is 12.4. The van der Waals surface area contributed by atoms with E-state index in [2.05, 4.69) is 22.0 Å². The normalized spacial score (nSPS) is 14.1. The number of hydrogen-bond acceptors (Lipinski definition) is 1. The summed E-state index contributed by atoms with van der Waals surface area (Å²) in [7, 11) is 0. The van der Waals surface area contributed by atoms with Crippen molar-refractivity contribution in [3.63, 3.8) is 0 Å². The highest BCUT2D eigenvalue weighted by molar-refractivity contribution is 9.10. The third-order valence-electron chi connectivity index (χ3n) is 3.43. The Hall–Kier alpha value is -1.61. The van der Waals surface area contributed by atoms with Gasteiger partial charge in [0.05, 0.1) is 0 Å². The second-order valence-corrected chi connectivity index (χ2v) is 5.62. The molecule has 0 bridgehead atoms. The molecule has 1 aliphatic heterocycles. The first-order chi connectivity index (χ1) is 9.25. The molecule has 0 unspecified atom stereocenters. The molecular weight excluding hydrogens is 302 g/mol. The van der Waals surface area contributed by atoms with Gasteiger partial charge < -0.3 is 4.90 Å². The lowest BCUT2D eigenvalue weighted by Crippen LogP contribution is -2.35. The van der Waals surface area contributed by atoms with Gasteiger partial charge in [0.25, 0.3) is 5.91 Å². The summed E-state index contributed by atoms with van der Waals surface area (Å²) in [6.07, 6.45) is 2.08. The number of amides is 1. The topological polar surface area (TPSA) is 20.3 Å². The summed E-state index contributed by atoms with van der Waals surface area (Å²) < 4.78 is 0.934. The van der Waals surface area contributed by atoms with Gasteiger partial charge in [-0.05, 0) is 42.7 Å². The maximum absolute atomic E-state index is 12.6. The lowest BCUT2D eigenvalue weighted by Gasteiger charge is -2.29. The zero-order valence-corrected chi connectivity index (χ0v) is 12.1. The van der Waals surface area contributed by atoms with Gasteiger partial charge in [-0.3, -0.25) is 4.79 Å². The van der Waals surface area contributed by atoms with Crippen LogP contribution in [0.3, 0.4) is 0 Å². The van der Waals surface area contributed by atoms with Crippen LogP contribution < -0.4 is 4.90 Å². The van der Waals surface area contributed by atoms with Crippen LogP contribution >= 0.6 is 15.9 Å². The van der Waals surface area contributed by atoms with Gasteiger partial charge in [0, 0.05) is 22.3 Å². The summed E-state index contributed by atoms with van der Waals surface area (Å²) in [6.45, 7) is 0.794. The standard InChI is InChI=1S/C16H14BrNO/c17-14-8-3-6-13(11-14)16(19)18-10-4-7-12-5-1-2-9-15(12)18/h1-3,5-6,8-9,11H,4,7,10H2. The molecule has 0 aliphatic carbocycles. The van der Waals surface area contributed by atoms with Gasteiger partial charge in [0.15, 0.2) is 0 Å². The first-order valence-corrected chi connectivity index (χ1v) is 7.20. The van der Waals surface area contributed by atoms with Crippen LogP contribution in [-0.2, 0) is 6.42 Å². The van der Waals surface area contributed by atoms with Crippen LogP contribution in [0.4, 0.5) is 5.69 Å². The number of para-hydroxylation sites is 1. The molecule has 0 atom stereocenters. The second kappa shape index (κ2) is 5.17. The number of benzene rings is 2. The Morgan fingerprint density at radius 1 is 1.11 bits per heavy atom. The maximum atomic E-state index is 12.6. The van der Waals surface area contributed by atoms with Crippen LogP contribution in [-0.4, -0.2) is 12.5 Å². The number of aryl methyl sites for hydroxylation is 1. The maximum Gasteiger partial charge on any atom is 0.258 e. The SMILES string of the molecule is O=C(c1cccc(Br)c1)N1CCCc2ccccc21. The molecule has 1 amide bonds. The Balaban J connectivity index is 1.98. The smallest absolute Gasteiger partial charge is 0.258 e. The van der Waals surface area contributed by atoms with Gasteiger partial charge >= 0.3 is 0 Å². The Kier molecular flexibility index (Phi) is 3.38. The first-order valence-electron chi connectivity index (χ1n) is 6.41. The molecule has 3 heteroatoms. The molecule has 2 nitrogen and oxygen atoms in total. The van der Waals surface area contributed by atoms with Gasteiger partial charge in [0.1, 0.15) is 0 Å². The molecule has 0 fully saturated rings. The fourth-order valence-electron chi connectivity index (χ4n) is 2.52. The van der Waals surface area contributed by atoms with Gasteiger partial charge in [-0.2, -0.15) is 0 Å². The van der Waals surface area contributed by atoms with Crippen molar-refractivity contribution in [2.45, 2.75) is 12.8 Å². The number of nitrogens with zero attached hydrogens (tertiary/aromatic N) is 1. The lowest BCUT2D eigenvalue weighted by atomic mass is 10.0. The summed E-state index contributed by atoms with van der Waals surface area (Å²) in [4.78, 5) is 14.5. The van der Waals surface area contributed by atoms with Crippen molar-refractivity contribution < 1.29 is 4.79 Å². The van der Waals surface area contributed by atoms with Gasteiger partial charge in [0.2, 0.25) is 0 Å². The number of carbonyl (C=O) groups excluding carboxylic acids is 1. The third-order valence-corrected chi connectivity index (χ3v) is 3.92. The number of halogens is 1. The number of carbonyl (C=O) groups is 1. The zero-order valence-electron chi connectivity index (χ0n) is 10.5. The molecular formula is C16H14BrNO. The summed E-state index contributed by atoms with van der Waals surface area (Å²) >= 11 is 3.42. The van der Waals surface area contributed by atoms with Crippen LogP contribution in [0.25, 0.3) is 0 Å². The van der Waals surface area contributed by atoms with E-state index in [0.29, 0.717) is 0 Å². The van der Waals surface area contributed by atoms with Crippen molar-refractivity contribution in [3.8, 4) is 0 Å². The van der Waals surface area contributed by atoms with E-state index < -0.39 is 0 Å². The summed E-state index contributed by atoms with van der Waals surface area (Å²) in [6, 6.07) is 15.7. The molecule has 1 heterocycles. The molecule has 1 aliphatic rings. The predicted octanol–water partition coefficient (Wildman–Crippen LogP) is 4.04. The summed E-state index contributed by atoms with van der Waals surface area (Å²) in [5.74, 6) is 0.0773. The minimum absolute atomic E-state index is 0.0773. The Labute approximate surface area is 121 Å². The quantitative estimate of drug-likeness (QED) is 0.777. The Bertz CT molecular complexity index is 624. The minimum Gasteiger partial charge on any atom is -0.308 e. The number of fused-ring (bicyclic) bond motifs is 1. The van der Waals surface area contributed by atoms with E-state index in [9.17, 15) is 4.79 Å². The van der Waals surface area contributed by atoms with E-state index in [1.54, 1.807) is 0 Å². The average molecular weight is 316 g/mol. The van der Waals surface area contributed by atoms with E-state index in [0.717, 1.165) is 35.1 Å². The summed E-state index contributed by atoms with van der Waals surface area (Å²) in [5, 5.41) is 0. The molecule has 0 radical (unpaired) electrons. The molecule has 2 aromatic rings. The van der Waals surface area contributed by atoms with E-state index in [1.807, 2.05) is 47.4 Å². The second-order valence-electron chi connectivity index (χ2n) is 4.70. The van der Waals surface area contributed by atoms with E-state index >= 15 is 0 Å². The van der Waals surface area contributed by atoms with Crippen LogP contribution in [0.2, 0.25) is 0 Å². The highest BCUT2D eigenvalue weighted by atomic mass is 79.9. The van der Waals surface area contributed by atoms with Crippen molar-refractivity contribution in [1.29, 1.82) is 0 Å².